The number of amides is 1. The largest absolute Gasteiger partial charge is 0.348 e. The lowest BCUT2D eigenvalue weighted by Gasteiger charge is -2.23. The van der Waals surface area contributed by atoms with Crippen LogP contribution in [0.5, 0.6) is 0 Å². The molecular weight excluding hydrogens is 248 g/mol. The molecule has 100 valence electrons. The zero-order valence-electron chi connectivity index (χ0n) is 11.0. The molecule has 0 radical (unpaired) electrons. The minimum atomic E-state index is 0. The summed E-state index contributed by atoms with van der Waals surface area (Å²) in [5.74, 6) is 0.0433. The van der Waals surface area contributed by atoms with Gasteiger partial charge in [-0.1, -0.05) is 6.07 Å². The van der Waals surface area contributed by atoms with Crippen LogP contribution in [-0.2, 0) is 0 Å². The highest BCUT2D eigenvalue weighted by molar-refractivity contribution is 5.94. The second-order valence-electron chi connectivity index (χ2n) is 4.82. The SMILES string of the molecule is Cc1ccc(C(=O)N[C@H]2CCCNC2)cc1C.Cl. The van der Waals surface area contributed by atoms with Crippen molar-refractivity contribution < 1.29 is 4.79 Å². The van der Waals surface area contributed by atoms with Crippen molar-refractivity contribution in [2.75, 3.05) is 13.1 Å². The molecule has 18 heavy (non-hydrogen) atoms. The average Bonchev–Trinajstić information content (AvgIpc) is 2.34. The molecule has 1 aliphatic rings. The number of piperidine rings is 1. The summed E-state index contributed by atoms with van der Waals surface area (Å²) in [6, 6.07) is 6.14. The predicted molar refractivity (Wildman–Crippen MR) is 76.5 cm³/mol. The zero-order chi connectivity index (χ0) is 12.3. The maximum atomic E-state index is 12.0. The normalized spacial score (nSPS) is 18.9. The van der Waals surface area contributed by atoms with Gasteiger partial charge in [-0.2, -0.15) is 0 Å². The second-order valence-corrected chi connectivity index (χ2v) is 4.82. The van der Waals surface area contributed by atoms with E-state index in [1.807, 2.05) is 25.1 Å². The van der Waals surface area contributed by atoms with Gasteiger partial charge in [0, 0.05) is 18.2 Å². The first-order chi connectivity index (χ1) is 8.16. The van der Waals surface area contributed by atoms with Crippen LogP contribution >= 0.6 is 12.4 Å². The summed E-state index contributed by atoms with van der Waals surface area (Å²) >= 11 is 0. The number of benzene rings is 1. The minimum Gasteiger partial charge on any atom is -0.348 e. The summed E-state index contributed by atoms with van der Waals surface area (Å²) in [7, 11) is 0. The van der Waals surface area contributed by atoms with Crippen molar-refractivity contribution in [3.63, 3.8) is 0 Å². The number of halogens is 1. The molecule has 1 aromatic carbocycles. The van der Waals surface area contributed by atoms with Gasteiger partial charge in [0.25, 0.3) is 5.91 Å². The molecule has 1 fully saturated rings. The van der Waals surface area contributed by atoms with E-state index >= 15 is 0 Å². The molecule has 1 aliphatic heterocycles. The highest BCUT2D eigenvalue weighted by atomic mass is 35.5. The van der Waals surface area contributed by atoms with Gasteiger partial charge in [0.1, 0.15) is 0 Å². The molecule has 0 aromatic heterocycles. The maximum Gasteiger partial charge on any atom is 0.251 e. The van der Waals surface area contributed by atoms with Crippen molar-refractivity contribution in [2.24, 2.45) is 0 Å². The van der Waals surface area contributed by atoms with Crippen LogP contribution in [0.2, 0.25) is 0 Å². The molecule has 0 aliphatic carbocycles. The summed E-state index contributed by atoms with van der Waals surface area (Å²) in [5.41, 5.74) is 3.15. The maximum absolute atomic E-state index is 12.0. The monoisotopic (exact) mass is 268 g/mol. The van der Waals surface area contributed by atoms with Gasteiger partial charge in [0.05, 0.1) is 0 Å². The summed E-state index contributed by atoms with van der Waals surface area (Å²) in [6.07, 6.45) is 2.21. The first-order valence-corrected chi connectivity index (χ1v) is 6.25. The lowest BCUT2D eigenvalue weighted by Crippen LogP contribution is -2.45. The fraction of sp³-hybridized carbons (Fsp3) is 0.500. The number of hydrogen-bond acceptors (Lipinski definition) is 2. The zero-order valence-corrected chi connectivity index (χ0v) is 11.8. The van der Waals surface area contributed by atoms with E-state index in [1.54, 1.807) is 0 Å². The van der Waals surface area contributed by atoms with Crippen molar-refractivity contribution in [1.82, 2.24) is 10.6 Å². The molecule has 0 unspecified atom stereocenters. The second kappa shape index (κ2) is 6.76. The van der Waals surface area contributed by atoms with Gasteiger partial charge in [-0.05, 0) is 56.5 Å². The third-order valence-electron chi connectivity index (χ3n) is 3.40. The Bertz CT molecular complexity index is 414. The number of carbonyl (C=O) groups is 1. The third-order valence-corrected chi connectivity index (χ3v) is 3.40. The molecule has 0 saturated carbocycles. The van der Waals surface area contributed by atoms with Crippen LogP contribution in [0.1, 0.15) is 34.3 Å². The highest BCUT2D eigenvalue weighted by Gasteiger charge is 2.16. The number of rotatable bonds is 2. The van der Waals surface area contributed by atoms with Crippen LogP contribution < -0.4 is 10.6 Å². The lowest BCUT2D eigenvalue weighted by atomic mass is 10.0. The molecule has 0 bridgehead atoms. The van der Waals surface area contributed by atoms with Crippen molar-refractivity contribution in [2.45, 2.75) is 32.7 Å². The molecule has 1 saturated heterocycles. The van der Waals surface area contributed by atoms with Gasteiger partial charge in [0.2, 0.25) is 0 Å². The van der Waals surface area contributed by atoms with Crippen LogP contribution in [0.15, 0.2) is 18.2 Å². The Kier molecular flexibility index (Phi) is 5.63. The Morgan fingerprint density at radius 3 is 2.72 bits per heavy atom. The summed E-state index contributed by atoms with van der Waals surface area (Å²) in [6.45, 7) is 6.04. The molecule has 0 spiro atoms. The smallest absolute Gasteiger partial charge is 0.251 e. The average molecular weight is 269 g/mol. The van der Waals surface area contributed by atoms with Crippen LogP contribution in [0, 0.1) is 13.8 Å². The Hall–Kier alpha value is -1.06. The van der Waals surface area contributed by atoms with E-state index in [2.05, 4.69) is 17.6 Å². The van der Waals surface area contributed by atoms with Crippen molar-refractivity contribution in [3.05, 3.63) is 34.9 Å². The molecule has 1 amide bonds. The standard InChI is InChI=1S/C14H20N2O.ClH/c1-10-5-6-12(8-11(10)2)14(17)16-13-4-3-7-15-9-13;/h5-6,8,13,15H,3-4,7,9H2,1-2H3,(H,16,17);1H/t13-;/m0./s1. The van der Waals surface area contributed by atoms with Crippen LogP contribution in [0.3, 0.4) is 0 Å². The van der Waals surface area contributed by atoms with Gasteiger partial charge in [-0.3, -0.25) is 4.79 Å². The van der Waals surface area contributed by atoms with Crippen LogP contribution in [0.25, 0.3) is 0 Å². The Morgan fingerprint density at radius 1 is 1.33 bits per heavy atom. The van der Waals surface area contributed by atoms with E-state index in [9.17, 15) is 4.79 Å². The fourth-order valence-electron chi connectivity index (χ4n) is 2.13. The van der Waals surface area contributed by atoms with E-state index in [4.69, 9.17) is 0 Å². The van der Waals surface area contributed by atoms with Gasteiger partial charge < -0.3 is 10.6 Å². The Morgan fingerprint density at radius 2 is 2.11 bits per heavy atom. The van der Waals surface area contributed by atoms with Crippen molar-refractivity contribution >= 4 is 18.3 Å². The number of nitrogens with one attached hydrogen (secondary N) is 2. The fourth-order valence-corrected chi connectivity index (χ4v) is 2.13. The molecule has 1 heterocycles. The summed E-state index contributed by atoms with van der Waals surface area (Å²) in [4.78, 5) is 12.0. The van der Waals surface area contributed by atoms with Gasteiger partial charge in [-0.15, -0.1) is 12.4 Å². The first kappa shape index (κ1) is 15.0. The van der Waals surface area contributed by atoms with Crippen LogP contribution in [0.4, 0.5) is 0 Å². The lowest BCUT2D eigenvalue weighted by molar-refractivity contribution is 0.0930. The molecule has 3 nitrogen and oxygen atoms in total. The van der Waals surface area contributed by atoms with E-state index < -0.39 is 0 Å². The van der Waals surface area contributed by atoms with Crippen molar-refractivity contribution in [1.29, 1.82) is 0 Å². The highest BCUT2D eigenvalue weighted by Crippen LogP contribution is 2.10. The molecular formula is C14H21ClN2O. The number of aryl methyl sites for hydroxylation is 2. The summed E-state index contributed by atoms with van der Waals surface area (Å²) in [5, 5.41) is 6.38. The van der Waals surface area contributed by atoms with Crippen molar-refractivity contribution in [3.8, 4) is 0 Å². The summed E-state index contributed by atoms with van der Waals surface area (Å²) < 4.78 is 0. The van der Waals surface area contributed by atoms with Gasteiger partial charge in [-0.25, -0.2) is 0 Å². The van der Waals surface area contributed by atoms with E-state index in [-0.39, 0.29) is 24.4 Å². The Balaban J connectivity index is 0.00000162. The molecule has 2 N–H and O–H groups in total. The minimum absolute atomic E-state index is 0. The number of hydrogen-bond donors (Lipinski definition) is 2. The Labute approximate surface area is 115 Å². The predicted octanol–water partition coefficient (Wildman–Crippen LogP) is 2.21. The molecule has 1 atom stereocenters. The molecule has 4 heteroatoms. The number of carbonyl (C=O) groups excluding carboxylic acids is 1. The van der Waals surface area contributed by atoms with E-state index in [0.717, 1.165) is 31.5 Å². The van der Waals surface area contributed by atoms with Gasteiger partial charge >= 0.3 is 0 Å². The van der Waals surface area contributed by atoms with E-state index in [1.165, 1.54) is 11.1 Å². The molecule has 2 rings (SSSR count). The van der Waals surface area contributed by atoms with Crippen LogP contribution in [-0.4, -0.2) is 25.0 Å². The third kappa shape index (κ3) is 3.72. The van der Waals surface area contributed by atoms with E-state index in [0.29, 0.717) is 0 Å². The quantitative estimate of drug-likeness (QED) is 0.864. The molecule has 1 aromatic rings. The first-order valence-electron chi connectivity index (χ1n) is 6.25. The van der Waals surface area contributed by atoms with Gasteiger partial charge in [0.15, 0.2) is 0 Å². The topological polar surface area (TPSA) is 41.1 Å².